The second kappa shape index (κ2) is 9.42. The molecule has 126 valence electrons. The van der Waals surface area contributed by atoms with Crippen LogP contribution in [0.3, 0.4) is 0 Å². The molecule has 0 N–H and O–H groups in total. The Morgan fingerprint density at radius 1 is 0.857 bits per heavy atom. The van der Waals surface area contributed by atoms with Gasteiger partial charge in [0.25, 0.3) is 0 Å². The van der Waals surface area contributed by atoms with Crippen LogP contribution in [-0.4, -0.2) is 47.2 Å². The molecule has 0 aliphatic carbocycles. The van der Waals surface area contributed by atoms with Crippen molar-refractivity contribution in [1.29, 1.82) is 0 Å². The fourth-order valence-corrected chi connectivity index (χ4v) is 4.58. The van der Waals surface area contributed by atoms with E-state index in [0.29, 0.717) is 5.41 Å². The first kappa shape index (κ1) is 19.3. The van der Waals surface area contributed by atoms with Gasteiger partial charge in [0.15, 0.2) is 0 Å². The fourth-order valence-electron chi connectivity index (χ4n) is 3.59. The average Bonchev–Trinajstić information content (AvgIpc) is 2.46. The highest BCUT2D eigenvalue weighted by Crippen LogP contribution is 2.42. The Balaban J connectivity index is 0.00000106. The van der Waals surface area contributed by atoms with Gasteiger partial charge in [-0.25, -0.2) is 0 Å². The highest BCUT2D eigenvalue weighted by atomic mass is 32.2. The fraction of sp³-hybridized carbons (Fsp3) is 1.00. The van der Waals surface area contributed by atoms with Gasteiger partial charge in [-0.3, -0.25) is 4.31 Å². The zero-order chi connectivity index (χ0) is 15.9. The summed E-state index contributed by atoms with van der Waals surface area (Å²) in [5.41, 5.74) is 0.696. The molecule has 2 aliphatic heterocycles. The maximum absolute atomic E-state index is 2.69. The third kappa shape index (κ3) is 6.50. The van der Waals surface area contributed by atoms with E-state index in [4.69, 9.17) is 0 Å². The van der Waals surface area contributed by atoms with E-state index in [2.05, 4.69) is 48.8 Å². The topological polar surface area (TPSA) is 6.48 Å². The standard InChI is InChI=1S/C16H32N2S.C2H6/c1-14(2)13-17-9-5-16(6-10-17)7-11-18(12-8-16)19-15(3)4;1-2/h14-15H,5-13H2,1-4H3;1-2H3. The van der Waals surface area contributed by atoms with E-state index in [1.165, 1.54) is 58.4 Å². The van der Waals surface area contributed by atoms with Crippen LogP contribution in [0.4, 0.5) is 0 Å². The Morgan fingerprint density at radius 3 is 1.76 bits per heavy atom. The molecule has 0 amide bonds. The molecule has 2 rings (SSSR count). The molecule has 2 heterocycles. The van der Waals surface area contributed by atoms with Crippen molar-refractivity contribution in [3.05, 3.63) is 0 Å². The van der Waals surface area contributed by atoms with Gasteiger partial charge in [0.05, 0.1) is 0 Å². The monoisotopic (exact) mass is 314 g/mol. The van der Waals surface area contributed by atoms with Gasteiger partial charge < -0.3 is 4.90 Å². The summed E-state index contributed by atoms with van der Waals surface area (Å²) in [4.78, 5) is 2.69. The van der Waals surface area contributed by atoms with E-state index < -0.39 is 0 Å². The summed E-state index contributed by atoms with van der Waals surface area (Å²) < 4.78 is 2.61. The van der Waals surface area contributed by atoms with Gasteiger partial charge in [-0.15, -0.1) is 0 Å². The van der Waals surface area contributed by atoms with Gasteiger partial charge in [0, 0.05) is 24.9 Å². The third-order valence-corrected chi connectivity index (χ3v) is 5.77. The van der Waals surface area contributed by atoms with Gasteiger partial charge in [-0.05, 0) is 50.1 Å². The molecule has 1 spiro atoms. The molecule has 2 saturated heterocycles. The highest BCUT2D eigenvalue weighted by Gasteiger charge is 2.37. The third-order valence-electron chi connectivity index (χ3n) is 4.68. The normalized spacial score (nSPS) is 23.4. The van der Waals surface area contributed by atoms with Crippen molar-refractivity contribution in [3.63, 3.8) is 0 Å². The summed E-state index contributed by atoms with van der Waals surface area (Å²) in [6.07, 6.45) is 5.75. The summed E-state index contributed by atoms with van der Waals surface area (Å²) in [7, 11) is 0. The minimum Gasteiger partial charge on any atom is -0.303 e. The van der Waals surface area contributed by atoms with Crippen molar-refractivity contribution >= 4 is 11.9 Å². The SMILES string of the molecule is CC.CC(C)CN1CCC2(CC1)CCN(SC(C)C)CC2. The molecule has 2 fully saturated rings. The van der Waals surface area contributed by atoms with Crippen molar-refractivity contribution in [2.45, 2.75) is 72.5 Å². The molecule has 0 bridgehead atoms. The molecule has 0 aromatic rings. The van der Waals surface area contributed by atoms with Crippen LogP contribution in [0.25, 0.3) is 0 Å². The zero-order valence-corrected chi connectivity index (χ0v) is 16.1. The molecule has 0 atom stereocenters. The second-order valence-electron chi connectivity index (χ2n) is 7.28. The van der Waals surface area contributed by atoms with Crippen LogP contribution >= 0.6 is 11.9 Å². The van der Waals surface area contributed by atoms with Gasteiger partial charge >= 0.3 is 0 Å². The summed E-state index contributed by atoms with van der Waals surface area (Å²) in [6.45, 7) is 19.9. The Bertz CT molecular complexity index is 231. The van der Waals surface area contributed by atoms with E-state index in [1.54, 1.807) is 0 Å². The lowest BCUT2D eigenvalue weighted by Gasteiger charge is -2.47. The van der Waals surface area contributed by atoms with E-state index >= 15 is 0 Å². The first-order valence-corrected chi connectivity index (χ1v) is 9.97. The van der Waals surface area contributed by atoms with Crippen LogP contribution in [0.1, 0.15) is 67.2 Å². The number of likely N-dealkylation sites (tertiary alicyclic amines) is 1. The van der Waals surface area contributed by atoms with Crippen molar-refractivity contribution in [3.8, 4) is 0 Å². The van der Waals surface area contributed by atoms with E-state index in [0.717, 1.165) is 11.2 Å². The molecular formula is C18H38N2S. The Morgan fingerprint density at radius 2 is 1.33 bits per heavy atom. The maximum Gasteiger partial charge on any atom is 0.0138 e. The van der Waals surface area contributed by atoms with Crippen LogP contribution in [0.2, 0.25) is 0 Å². The molecule has 0 aromatic carbocycles. The smallest absolute Gasteiger partial charge is 0.0138 e. The van der Waals surface area contributed by atoms with Crippen molar-refractivity contribution in [2.75, 3.05) is 32.7 Å². The average molecular weight is 315 g/mol. The molecule has 0 saturated carbocycles. The molecular weight excluding hydrogens is 276 g/mol. The summed E-state index contributed by atoms with van der Waals surface area (Å²) in [5.74, 6) is 0.818. The molecule has 0 unspecified atom stereocenters. The minimum atomic E-state index is 0.696. The first-order chi connectivity index (χ1) is 9.99. The lowest BCUT2D eigenvalue weighted by atomic mass is 9.71. The van der Waals surface area contributed by atoms with Gasteiger partial charge in [-0.2, -0.15) is 0 Å². The number of hydrogen-bond donors (Lipinski definition) is 0. The molecule has 2 aliphatic rings. The number of nitrogens with zero attached hydrogens (tertiary/aromatic N) is 2. The second-order valence-corrected chi connectivity index (χ2v) is 8.95. The van der Waals surface area contributed by atoms with Gasteiger partial charge in [0.2, 0.25) is 0 Å². The van der Waals surface area contributed by atoms with E-state index in [9.17, 15) is 0 Å². The molecule has 21 heavy (non-hydrogen) atoms. The lowest BCUT2D eigenvalue weighted by molar-refractivity contribution is 0.0534. The quantitative estimate of drug-likeness (QED) is 0.681. The van der Waals surface area contributed by atoms with Crippen LogP contribution in [-0.2, 0) is 0 Å². The zero-order valence-electron chi connectivity index (χ0n) is 15.3. The summed E-state index contributed by atoms with van der Waals surface area (Å²) in [5, 5.41) is 0.738. The molecule has 2 nitrogen and oxygen atoms in total. The van der Waals surface area contributed by atoms with Gasteiger partial charge in [-0.1, -0.05) is 53.5 Å². The predicted octanol–water partition coefficient (Wildman–Crippen LogP) is 4.90. The van der Waals surface area contributed by atoms with Crippen molar-refractivity contribution < 1.29 is 0 Å². The van der Waals surface area contributed by atoms with Crippen LogP contribution in [0, 0.1) is 11.3 Å². The molecule has 3 heteroatoms. The number of piperidine rings is 2. The van der Waals surface area contributed by atoms with E-state index in [1.807, 2.05) is 13.8 Å². The van der Waals surface area contributed by atoms with E-state index in [-0.39, 0.29) is 0 Å². The van der Waals surface area contributed by atoms with Crippen LogP contribution < -0.4 is 0 Å². The van der Waals surface area contributed by atoms with Crippen molar-refractivity contribution in [1.82, 2.24) is 9.21 Å². The summed E-state index contributed by atoms with van der Waals surface area (Å²) >= 11 is 2.05. The number of hydrogen-bond acceptors (Lipinski definition) is 3. The predicted molar refractivity (Wildman–Crippen MR) is 97.8 cm³/mol. The largest absolute Gasteiger partial charge is 0.303 e. The van der Waals surface area contributed by atoms with Crippen LogP contribution in [0.15, 0.2) is 0 Å². The minimum absolute atomic E-state index is 0.696. The maximum atomic E-state index is 2.69. The Kier molecular flexibility index (Phi) is 8.66. The molecule has 0 radical (unpaired) electrons. The van der Waals surface area contributed by atoms with Crippen LogP contribution in [0.5, 0.6) is 0 Å². The summed E-state index contributed by atoms with van der Waals surface area (Å²) in [6, 6.07) is 0. The Labute approximate surface area is 138 Å². The Hall–Kier alpha value is 0.270. The van der Waals surface area contributed by atoms with Crippen molar-refractivity contribution in [2.24, 2.45) is 11.3 Å². The van der Waals surface area contributed by atoms with Gasteiger partial charge in [0.1, 0.15) is 0 Å². The molecule has 0 aromatic heterocycles. The first-order valence-electron chi connectivity index (χ1n) is 9.13. The highest BCUT2D eigenvalue weighted by molar-refractivity contribution is 7.97. The number of rotatable bonds is 4. The lowest BCUT2D eigenvalue weighted by Crippen LogP contribution is -2.46.